The van der Waals surface area contributed by atoms with Gasteiger partial charge in [0.15, 0.2) is 0 Å². The highest BCUT2D eigenvalue weighted by molar-refractivity contribution is 7.10. The summed E-state index contributed by atoms with van der Waals surface area (Å²) in [5.74, 6) is -0.0542. The molecule has 1 atom stereocenters. The van der Waals surface area contributed by atoms with Gasteiger partial charge in [-0.05, 0) is 12.5 Å². The molecule has 0 bridgehead atoms. The molecule has 0 N–H and O–H groups in total. The van der Waals surface area contributed by atoms with E-state index in [9.17, 15) is 4.79 Å². The fraction of sp³-hybridized carbons (Fsp3) is 0.235. The number of nitrogens with zero attached hydrogens (tertiary/aromatic N) is 3. The van der Waals surface area contributed by atoms with Gasteiger partial charge in [0, 0.05) is 29.9 Å². The maximum atomic E-state index is 12.6. The summed E-state index contributed by atoms with van der Waals surface area (Å²) < 4.78 is 0. The topological polar surface area (TPSA) is 46.1 Å². The van der Waals surface area contributed by atoms with Crippen LogP contribution in [0.1, 0.15) is 38.9 Å². The van der Waals surface area contributed by atoms with Gasteiger partial charge in [-0.25, -0.2) is 4.98 Å². The van der Waals surface area contributed by atoms with E-state index < -0.39 is 0 Å². The first-order chi connectivity index (χ1) is 11.1. The first-order valence-corrected chi connectivity index (χ1v) is 9.05. The van der Waals surface area contributed by atoms with E-state index in [-0.39, 0.29) is 11.9 Å². The first-order valence-electron chi connectivity index (χ1n) is 7.29. The molecule has 1 amide bonds. The van der Waals surface area contributed by atoms with Crippen LogP contribution in [0.3, 0.4) is 0 Å². The number of thiazole rings is 2. The maximum Gasteiger partial charge on any atom is 0.273 e. The lowest BCUT2D eigenvalue weighted by molar-refractivity contribution is 0.0739. The van der Waals surface area contributed by atoms with Crippen molar-refractivity contribution in [1.29, 1.82) is 0 Å². The Morgan fingerprint density at radius 3 is 2.74 bits per heavy atom. The Morgan fingerprint density at radius 2 is 2.04 bits per heavy atom. The smallest absolute Gasteiger partial charge is 0.273 e. The van der Waals surface area contributed by atoms with Crippen molar-refractivity contribution >= 4 is 28.6 Å². The third-order valence-corrected chi connectivity index (χ3v) is 5.53. The van der Waals surface area contributed by atoms with Gasteiger partial charge < -0.3 is 4.90 Å². The summed E-state index contributed by atoms with van der Waals surface area (Å²) in [5.41, 5.74) is 3.50. The van der Waals surface area contributed by atoms with Gasteiger partial charge in [0.25, 0.3) is 5.91 Å². The van der Waals surface area contributed by atoms with Crippen LogP contribution >= 0.6 is 22.7 Å². The third kappa shape index (κ3) is 3.65. The van der Waals surface area contributed by atoms with E-state index in [0.29, 0.717) is 5.69 Å². The molecule has 1 aromatic carbocycles. The van der Waals surface area contributed by atoms with Crippen LogP contribution in [0.5, 0.6) is 0 Å². The van der Waals surface area contributed by atoms with Gasteiger partial charge in [-0.1, -0.05) is 30.3 Å². The molecule has 23 heavy (non-hydrogen) atoms. The maximum absolute atomic E-state index is 12.6. The summed E-state index contributed by atoms with van der Waals surface area (Å²) in [6, 6.07) is 10.2. The van der Waals surface area contributed by atoms with Gasteiger partial charge in [0.2, 0.25) is 0 Å². The molecule has 2 heterocycles. The van der Waals surface area contributed by atoms with E-state index >= 15 is 0 Å². The van der Waals surface area contributed by atoms with E-state index in [0.717, 1.165) is 16.3 Å². The van der Waals surface area contributed by atoms with E-state index in [4.69, 9.17) is 0 Å². The Morgan fingerprint density at radius 1 is 1.26 bits per heavy atom. The van der Waals surface area contributed by atoms with Gasteiger partial charge in [-0.3, -0.25) is 9.78 Å². The van der Waals surface area contributed by atoms with Crippen LogP contribution in [0.25, 0.3) is 0 Å². The van der Waals surface area contributed by atoms with Crippen molar-refractivity contribution in [3.63, 3.8) is 0 Å². The highest BCUT2D eigenvalue weighted by Gasteiger charge is 2.22. The van der Waals surface area contributed by atoms with Crippen LogP contribution in [0, 0.1) is 0 Å². The predicted molar refractivity (Wildman–Crippen MR) is 94.0 cm³/mol. The lowest BCUT2D eigenvalue weighted by Crippen LogP contribution is -2.29. The standard InChI is InChI=1S/C17H17N3OS2/c1-12(15-9-18-11-23-15)20(2)17(21)14-10-22-16(19-14)8-13-6-4-3-5-7-13/h3-7,9-12H,8H2,1-2H3/t12-/m1/s1. The van der Waals surface area contributed by atoms with Crippen molar-refractivity contribution in [3.8, 4) is 0 Å². The first kappa shape index (κ1) is 15.8. The molecule has 0 aliphatic rings. The molecule has 0 saturated carbocycles. The third-order valence-electron chi connectivity index (χ3n) is 3.73. The normalized spacial score (nSPS) is 12.1. The molecule has 2 aromatic heterocycles. The minimum absolute atomic E-state index is 0.00530. The van der Waals surface area contributed by atoms with Gasteiger partial charge in [0.1, 0.15) is 5.69 Å². The van der Waals surface area contributed by atoms with Crippen LogP contribution in [-0.2, 0) is 6.42 Å². The second-order valence-electron chi connectivity index (χ2n) is 5.28. The lowest BCUT2D eigenvalue weighted by atomic mass is 10.2. The Labute approximate surface area is 143 Å². The molecule has 0 saturated heterocycles. The number of carbonyl (C=O) groups is 1. The molecule has 0 fully saturated rings. The Hall–Kier alpha value is -2.05. The number of hydrogen-bond acceptors (Lipinski definition) is 5. The van der Waals surface area contributed by atoms with E-state index in [1.165, 1.54) is 16.9 Å². The van der Waals surface area contributed by atoms with E-state index in [1.807, 2.05) is 37.6 Å². The van der Waals surface area contributed by atoms with Crippen LogP contribution < -0.4 is 0 Å². The molecular formula is C17H17N3OS2. The lowest BCUT2D eigenvalue weighted by Gasteiger charge is -2.22. The van der Waals surface area contributed by atoms with Gasteiger partial charge in [0.05, 0.1) is 16.6 Å². The molecule has 0 aliphatic carbocycles. The van der Waals surface area contributed by atoms with Crippen molar-refractivity contribution in [2.45, 2.75) is 19.4 Å². The number of amides is 1. The molecule has 3 rings (SSSR count). The molecule has 118 valence electrons. The van der Waals surface area contributed by atoms with E-state index in [2.05, 4.69) is 22.1 Å². The number of carbonyl (C=O) groups excluding carboxylic acids is 1. The molecule has 6 heteroatoms. The second kappa shape index (κ2) is 7.02. The quantitative estimate of drug-likeness (QED) is 0.703. The average Bonchev–Trinajstić information content (AvgIpc) is 3.25. The van der Waals surface area contributed by atoms with Crippen molar-refractivity contribution in [2.24, 2.45) is 0 Å². The Bertz CT molecular complexity index is 768. The molecule has 0 radical (unpaired) electrons. The molecule has 0 spiro atoms. The Kier molecular flexibility index (Phi) is 4.83. The fourth-order valence-electron chi connectivity index (χ4n) is 2.24. The Balaban J connectivity index is 1.71. The van der Waals surface area contributed by atoms with Gasteiger partial charge in [-0.2, -0.15) is 0 Å². The highest BCUT2D eigenvalue weighted by atomic mass is 32.1. The molecule has 4 nitrogen and oxygen atoms in total. The van der Waals surface area contributed by atoms with Crippen molar-refractivity contribution < 1.29 is 4.79 Å². The van der Waals surface area contributed by atoms with E-state index in [1.54, 1.807) is 27.9 Å². The number of aromatic nitrogens is 2. The van der Waals surface area contributed by atoms with Crippen molar-refractivity contribution in [3.05, 3.63) is 68.6 Å². The van der Waals surface area contributed by atoms with Crippen LogP contribution in [0.4, 0.5) is 0 Å². The van der Waals surface area contributed by atoms with Crippen molar-refractivity contribution in [2.75, 3.05) is 7.05 Å². The predicted octanol–water partition coefficient (Wildman–Crippen LogP) is 4.02. The monoisotopic (exact) mass is 343 g/mol. The summed E-state index contributed by atoms with van der Waals surface area (Å²) >= 11 is 3.09. The fourth-order valence-corrected chi connectivity index (χ4v) is 3.76. The zero-order chi connectivity index (χ0) is 16.2. The van der Waals surface area contributed by atoms with Gasteiger partial charge in [-0.15, -0.1) is 22.7 Å². The van der Waals surface area contributed by atoms with Crippen molar-refractivity contribution in [1.82, 2.24) is 14.9 Å². The largest absolute Gasteiger partial charge is 0.333 e. The zero-order valence-corrected chi connectivity index (χ0v) is 14.6. The highest BCUT2D eigenvalue weighted by Crippen LogP contribution is 2.24. The molecule has 3 aromatic rings. The number of hydrogen-bond donors (Lipinski definition) is 0. The summed E-state index contributed by atoms with van der Waals surface area (Å²) in [4.78, 5) is 24.0. The number of benzene rings is 1. The summed E-state index contributed by atoms with van der Waals surface area (Å²) in [6.07, 6.45) is 2.56. The number of rotatable bonds is 5. The van der Waals surface area contributed by atoms with Crippen LogP contribution in [0.2, 0.25) is 0 Å². The molecule has 0 unspecified atom stereocenters. The summed E-state index contributed by atoms with van der Waals surface area (Å²) in [7, 11) is 1.81. The minimum Gasteiger partial charge on any atom is -0.333 e. The molecular weight excluding hydrogens is 326 g/mol. The van der Waals surface area contributed by atoms with Crippen LogP contribution in [-0.4, -0.2) is 27.8 Å². The average molecular weight is 343 g/mol. The minimum atomic E-state index is -0.0542. The summed E-state index contributed by atoms with van der Waals surface area (Å²) in [5, 5.41) is 2.80. The van der Waals surface area contributed by atoms with Gasteiger partial charge >= 0.3 is 0 Å². The van der Waals surface area contributed by atoms with Crippen LogP contribution in [0.15, 0.2) is 47.4 Å². The SMILES string of the molecule is C[C@H](c1cncs1)N(C)C(=O)c1csc(Cc2ccccc2)n1. The summed E-state index contributed by atoms with van der Waals surface area (Å²) in [6.45, 7) is 2.00. The zero-order valence-electron chi connectivity index (χ0n) is 13.0. The second-order valence-corrected chi connectivity index (χ2v) is 7.15. The molecule has 0 aliphatic heterocycles.